The van der Waals surface area contributed by atoms with Crippen LogP contribution in [0.3, 0.4) is 0 Å². The standard InChI is InChI=1S/C18H27N7O4/c1-6-25-11-13(20-14(12(19)26)22(5)15(11)27)21-16(25)23-7-9-24(10-8-23)17(28)29-18(2,3)4/h6-10H2,1-5H3,(H2,19,26). The molecule has 158 valence electrons. The Bertz CT molecular complexity index is 1010. The van der Waals surface area contributed by atoms with Crippen LogP contribution in [0.1, 0.15) is 38.3 Å². The number of imidazole rings is 1. The number of hydrogen-bond donors (Lipinski definition) is 1. The van der Waals surface area contributed by atoms with Crippen LogP contribution in [0.15, 0.2) is 4.79 Å². The van der Waals surface area contributed by atoms with Crippen LogP contribution in [0, 0.1) is 0 Å². The number of piperazine rings is 1. The molecular weight excluding hydrogens is 378 g/mol. The molecule has 0 radical (unpaired) electrons. The van der Waals surface area contributed by atoms with Crippen LogP contribution >= 0.6 is 0 Å². The lowest BCUT2D eigenvalue weighted by Gasteiger charge is -2.36. The van der Waals surface area contributed by atoms with E-state index in [1.807, 2.05) is 32.6 Å². The first-order chi connectivity index (χ1) is 13.5. The second-order valence-electron chi connectivity index (χ2n) is 7.95. The zero-order valence-corrected chi connectivity index (χ0v) is 17.4. The van der Waals surface area contributed by atoms with Crippen LogP contribution in [-0.2, 0) is 18.3 Å². The molecule has 1 aliphatic heterocycles. The number of ether oxygens (including phenoxy) is 1. The van der Waals surface area contributed by atoms with Crippen molar-refractivity contribution >= 4 is 29.1 Å². The molecule has 2 aromatic heterocycles. The van der Waals surface area contributed by atoms with Gasteiger partial charge in [-0.1, -0.05) is 0 Å². The maximum absolute atomic E-state index is 12.8. The highest BCUT2D eigenvalue weighted by Crippen LogP contribution is 2.21. The number of amides is 2. The Kier molecular flexibility index (Phi) is 5.24. The Morgan fingerprint density at radius 2 is 1.76 bits per heavy atom. The van der Waals surface area contributed by atoms with Crippen molar-refractivity contribution in [3.63, 3.8) is 0 Å². The third kappa shape index (κ3) is 3.89. The molecule has 2 amide bonds. The fraction of sp³-hybridized carbons (Fsp3) is 0.611. The van der Waals surface area contributed by atoms with Crippen LogP contribution < -0.4 is 16.2 Å². The molecule has 0 unspecified atom stereocenters. The molecule has 11 nitrogen and oxygen atoms in total. The number of aromatic nitrogens is 4. The van der Waals surface area contributed by atoms with Gasteiger partial charge in [0, 0.05) is 39.8 Å². The summed E-state index contributed by atoms with van der Waals surface area (Å²) in [5.41, 5.74) is 4.91. The number of carbonyl (C=O) groups is 2. The van der Waals surface area contributed by atoms with Gasteiger partial charge in [0.25, 0.3) is 11.5 Å². The van der Waals surface area contributed by atoms with Gasteiger partial charge in [0.05, 0.1) is 0 Å². The predicted octanol–water partition coefficient (Wildman–Crippen LogP) is 0.306. The van der Waals surface area contributed by atoms with Gasteiger partial charge in [0.2, 0.25) is 11.8 Å². The van der Waals surface area contributed by atoms with E-state index in [1.165, 1.54) is 7.05 Å². The van der Waals surface area contributed by atoms with E-state index < -0.39 is 11.5 Å². The summed E-state index contributed by atoms with van der Waals surface area (Å²) in [6.45, 7) is 9.92. The van der Waals surface area contributed by atoms with E-state index in [-0.39, 0.29) is 23.1 Å². The first-order valence-electron chi connectivity index (χ1n) is 9.53. The normalized spacial score (nSPS) is 15.1. The van der Waals surface area contributed by atoms with Gasteiger partial charge in [-0.2, -0.15) is 4.98 Å². The zero-order valence-electron chi connectivity index (χ0n) is 17.4. The molecule has 11 heteroatoms. The number of carbonyl (C=O) groups excluding carboxylic acids is 2. The van der Waals surface area contributed by atoms with Gasteiger partial charge in [-0.3, -0.25) is 14.2 Å². The number of aryl methyl sites for hydroxylation is 1. The van der Waals surface area contributed by atoms with Gasteiger partial charge in [-0.05, 0) is 27.7 Å². The number of nitrogens with zero attached hydrogens (tertiary/aromatic N) is 6. The van der Waals surface area contributed by atoms with E-state index >= 15 is 0 Å². The number of fused-ring (bicyclic) bond motifs is 1. The minimum atomic E-state index is -0.787. The number of rotatable bonds is 3. The maximum Gasteiger partial charge on any atom is 0.410 e. The minimum Gasteiger partial charge on any atom is -0.444 e. The lowest BCUT2D eigenvalue weighted by atomic mass is 10.2. The third-order valence-electron chi connectivity index (χ3n) is 4.72. The number of primary amides is 1. The smallest absolute Gasteiger partial charge is 0.410 e. The van der Waals surface area contributed by atoms with Crippen molar-refractivity contribution in [3.8, 4) is 0 Å². The van der Waals surface area contributed by atoms with Crippen LogP contribution in [-0.4, -0.2) is 67.8 Å². The minimum absolute atomic E-state index is 0.135. The summed E-state index contributed by atoms with van der Waals surface area (Å²) in [5, 5.41) is 0. The van der Waals surface area contributed by atoms with Gasteiger partial charge in [-0.25, -0.2) is 9.78 Å². The lowest BCUT2D eigenvalue weighted by molar-refractivity contribution is 0.0240. The molecule has 0 aliphatic carbocycles. The van der Waals surface area contributed by atoms with E-state index in [2.05, 4.69) is 9.97 Å². The highest BCUT2D eigenvalue weighted by Gasteiger charge is 2.29. The molecule has 0 saturated carbocycles. The summed E-state index contributed by atoms with van der Waals surface area (Å²) in [7, 11) is 1.46. The van der Waals surface area contributed by atoms with Crippen molar-refractivity contribution in [2.45, 2.75) is 39.8 Å². The topological polar surface area (TPSA) is 129 Å². The van der Waals surface area contributed by atoms with Crippen LogP contribution in [0.5, 0.6) is 0 Å². The predicted molar refractivity (Wildman–Crippen MR) is 107 cm³/mol. The van der Waals surface area contributed by atoms with E-state index in [9.17, 15) is 14.4 Å². The summed E-state index contributed by atoms with van der Waals surface area (Å²) in [4.78, 5) is 49.0. The van der Waals surface area contributed by atoms with Gasteiger partial charge >= 0.3 is 6.09 Å². The monoisotopic (exact) mass is 405 g/mol. The summed E-state index contributed by atoms with van der Waals surface area (Å²) in [5.74, 6) is -0.341. The maximum atomic E-state index is 12.8. The van der Waals surface area contributed by atoms with Crippen molar-refractivity contribution in [1.29, 1.82) is 0 Å². The molecule has 2 N–H and O–H groups in total. The molecule has 0 aromatic carbocycles. The average Bonchev–Trinajstić information content (AvgIpc) is 3.02. The van der Waals surface area contributed by atoms with E-state index in [0.29, 0.717) is 44.2 Å². The Hall–Kier alpha value is -3.11. The molecule has 0 atom stereocenters. The van der Waals surface area contributed by atoms with Crippen molar-refractivity contribution in [1.82, 2.24) is 24.0 Å². The van der Waals surface area contributed by atoms with Crippen LogP contribution in [0.2, 0.25) is 0 Å². The Labute approximate surface area is 168 Å². The van der Waals surface area contributed by atoms with Crippen LogP contribution in [0.4, 0.5) is 10.7 Å². The van der Waals surface area contributed by atoms with Crippen molar-refractivity contribution in [3.05, 3.63) is 16.2 Å². The highest BCUT2D eigenvalue weighted by atomic mass is 16.6. The Morgan fingerprint density at radius 3 is 2.28 bits per heavy atom. The quantitative estimate of drug-likeness (QED) is 0.778. The molecule has 29 heavy (non-hydrogen) atoms. The van der Waals surface area contributed by atoms with E-state index in [1.54, 1.807) is 9.47 Å². The van der Waals surface area contributed by atoms with Gasteiger partial charge in [-0.15, -0.1) is 0 Å². The molecule has 1 saturated heterocycles. The van der Waals surface area contributed by atoms with Crippen LogP contribution in [0.25, 0.3) is 11.2 Å². The van der Waals surface area contributed by atoms with Crippen molar-refractivity contribution in [2.24, 2.45) is 12.8 Å². The molecule has 1 aliphatic rings. The summed E-state index contributed by atoms with van der Waals surface area (Å²) in [6.07, 6.45) is -0.345. The molecule has 2 aromatic rings. The SMILES string of the molecule is CCn1c(N2CCN(C(=O)OC(C)(C)C)CC2)nc2nc(C(N)=O)n(C)c(=O)c21. The molecule has 3 heterocycles. The summed E-state index contributed by atoms with van der Waals surface area (Å²) < 4.78 is 8.34. The van der Waals surface area contributed by atoms with Crippen molar-refractivity contribution in [2.75, 3.05) is 31.1 Å². The van der Waals surface area contributed by atoms with E-state index in [4.69, 9.17) is 10.5 Å². The van der Waals surface area contributed by atoms with Crippen molar-refractivity contribution < 1.29 is 14.3 Å². The lowest BCUT2D eigenvalue weighted by Crippen LogP contribution is -2.50. The van der Waals surface area contributed by atoms with Gasteiger partial charge in [0.1, 0.15) is 5.60 Å². The first kappa shape index (κ1) is 20.6. The largest absolute Gasteiger partial charge is 0.444 e. The molecular formula is C18H27N7O4. The van der Waals surface area contributed by atoms with Gasteiger partial charge in [0.15, 0.2) is 11.2 Å². The average molecular weight is 405 g/mol. The summed E-state index contributed by atoms with van der Waals surface area (Å²) in [6, 6.07) is 0. The second kappa shape index (κ2) is 7.37. The van der Waals surface area contributed by atoms with Gasteiger partial charge < -0.3 is 24.8 Å². The molecule has 1 fully saturated rings. The second-order valence-corrected chi connectivity index (χ2v) is 7.95. The number of hydrogen-bond acceptors (Lipinski definition) is 7. The molecule has 0 bridgehead atoms. The fourth-order valence-corrected chi connectivity index (χ4v) is 3.32. The highest BCUT2D eigenvalue weighted by molar-refractivity contribution is 5.91. The molecule has 0 spiro atoms. The number of nitrogens with two attached hydrogens (primary N) is 1. The fourth-order valence-electron chi connectivity index (χ4n) is 3.32. The van der Waals surface area contributed by atoms with E-state index in [0.717, 1.165) is 4.57 Å². The third-order valence-corrected chi connectivity index (χ3v) is 4.72. The number of anilines is 1. The first-order valence-corrected chi connectivity index (χ1v) is 9.53. The zero-order chi connectivity index (χ0) is 21.5. The Balaban J connectivity index is 1.90. The Morgan fingerprint density at radius 1 is 1.14 bits per heavy atom. The molecule has 3 rings (SSSR count). The summed E-state index contributed by atoms with van der Waals surface area (Å²) >= 11 is 0.